The van der Waals surface area contributed by atoms with E-state index >= 15 is 0 Å². The van der Waals surface area contributed by atoms with Crippen molar-refractivity contribution in [3.05, 3.63) is 23.9 Å². The summed E-state index contributed by atoms with van der Waals surface area (Å²) in [6.45, 7) is 5.11. The molecule has 2 rings (SSSR count). The van der Waals surface area contributed by atoms with Crippen LogP contribution in [0.4, 0.5) is 5.82 Å². The molecule has 1 aliphatic rings. The molecule has 1 aliphatic heterocycles. The second-order valence-electron chi connectivity index (χ2n) is 4.52. The molecule has 0 aromatic carbocycles. The molecule has 2 heterocycles. The Balaban J connectivity index is 2.22. The van der Waals surface area contributed by atoms with E-state index in [1.54, 1.807) is 13.1 Å². The second kappa shape index (κ2) is 4.83. The summed E-state index contributed by atoms with van der Waals surface area (Å²) in [5, 5.41) is 9.57. The predicted octanol–water partition coefficient (Wildman–Crippen LogP) is 2.51. The Kier molecular flexibility index (Phi) is 3.44. The quantitative estimate of drug-likeness (QED) is 0.850. The van der Waals surface area contributed by atoms with Crippen LogP contribution in [0.3, 0.4) is 0 Å². The smallest absolute Gasteiger partial charge is 0.129 e. The minimum Gasteiger partial charge on any atom is -0.389 e. The monoisotopic (exact) mass is 220 g/mol. The lowest BCUT2D eigenvalue weighted by molar-refractivity contribution is 0.199. The average Bonchev–Trinajstić information content (AvgIpc) is 2.77. The zero-order valence-corrected chi connectivity index (χ0v) is 10.1. The summed E-state index contributed by atoms with van der Waals surface area (Å²) >= 11 is 0. The lowest BCUT2D eigenvalue weighted by atomic mass is 10.1. The Morgan fingerprint density at radius 2 is 2.44 bits per heavy atom. The Morgan fingerprint density at radius 1 is 1.62 bits per heavy atom. The molecule has 0 spiro atoms. The van der Waals surface area contributed by atoms with Gasteiger partial charge in [0.15, 0.2) is 0 Å². The summed E-state index contributed by atoms with van der Waals surface area (Å²) in [6.07, 6.45) is 5.06. The third kappa shape index (κ3) is 2.19. The zero-order chi connectivity index (χ0) is 11.5. The maximum Gasteiger partial charge on any atom is 0.129 e. The molecule has 0 bridgehead atoms. The van der Waals surface area contributed by atoms with Crippen LogP contribution in [0.5, 0.6) is 0 Å². The first-order valence-electron chi connectivity index (χ1n) is 6.13. The highest BCUT2D eigenvalue weighted by Crippen LogP contribution is 2.27. The van der Waals surface area contributed by atoms with Crippen LogP contribution in [0.15, 0.2) is 18.3 Å². The lowest BCUT2D eigenvalue weighted by Crippen LogP contribution is -2.29. The molecule has 1 saturated heterocycles. The summed E-state index contributed by atoms with van der Waals surface area (Å²) in [5.41, 5.74) is 0.951. The van der Waals surface area contributed by atoms with Gasteiger partial charge in [0.2, 0.25) is 0 Å². The highest BCUT2D eigenvalue weighted by molar-refractivity contribution is 5.43. The minimum absolute atomic E-state index is 0.413. The van der Waals surface area contributed by atoms with Crippen molar-refractivity contribution in [3.8, 4) is 0 Å². The number of hydrogen-bond acceptors (Lipinski definition) is 3. The molecule has 16 heavy (non-hydrogen) atoms. The Morgan fingerprint density at radius 3 is 3.12 bits per heavy atom. The van der Waals surface area contributed by atoms with E-state index in [4.69, 9.17) is 0 Å². The Labute approximate surface area is 97.1 Å². The fraction of sp³-hybridized carbons (Fsp3) is 0.615. The number of anilines is 1. The fourth-order valence-electron chi connectivity index (χ4n) is 2.41. The van der Waals surface area contributed by atoms with E-state index in [0.29, 0.717) is 6.04 Å². The van der Waals surface area contributed by atoms with Gasteiger partial charge in [0.05, 0.1) is 6.10 Å². The molecule has 1 fully saturated rings. The van der Waals surface area contributed by atoms with Gasteiger partial charge in [-0.3, -0.25) is 0 Å². The number of hydrogen-bond donors (Lipinski definition) is 1. The van der Waals surface area contributed by atoms with Gasteiger partial charge in [-0.15, -0.1) is 0 Å². The molecule has 0 amide bonds. The minimum atomic E-state index is -0.413. The van der Waals surface area contributed by atoms with Gasteiger partial charge in [-0.2, -0.15) is 0 Å². The third-order valence-corrected chi connectivity index (χ3v) is 3.39. The normalized spacial score (nSPS) is 22.4. The van der Waals surface area contributed by atoms with Crippen LogP contribution in [0.2, 0.25) is 0 Å². The van der Waals surface area contributed by atoms with Crippen molar-refractivity contribution in [2.75, 3.05) is 11.4 Å². The maximum atomic E-state index is 9.57. The number of aliphatic hydroxyl groups is 1. The molecule has 88 valence electrons. The molecule has 3 nitrogen and oxygen atoms in total. The van der Waals surface area contributed by atoms with Crippen LogP contribution < -0.4 is 4.90 Å². The van der Waals surface area contributed by atoms with E-state index in [1.165, 1.54) is 19.3 Å². The number of aromatic nitrogens is 1. The highest BCUT2D eigenvalue weighted by atomic mass is 16.3. The number of aliphatic hydroxyl groups excluding tert-OH is 1. The summed E-state index contributed by atoms with van der Waals surface area (Å²) in [6, 6.07) is 4.51. The van der Waals surface area contributed by atoms with E-state index in [-0.39, 0.29) is 0 Å². The van der Waals surface area contributed by atoms with Crippen molar-refractivity contribution in [1.82, 2.24) is 4.98 Å². The SMILES string of the molecule is CCC1CCCN1c1cc([C@@H](C)O)ccn1. The van der Waals surface area contributed by atoms with Gasteiger partial charge in [-0.25, -0.2) is 4.98 Å². The first-order chi connectivity index (χ1) is 7.72. The Bertz CT molecular complexity index is 352. The molecule has 1 aromatic heterocycles. The van der Waals surface area contributed by atoms with Crippen LogP contribution >= 0.6 is 0 Å². The Hall–Kier alpha value is -1.09. The highest BCUT2D eigenvalue weighted by Gasteiger charge is 2.24. The van der Waals surface area contributed by atoms with Gasteiger partial charge >= 0.3 is 0 Å². The molecule has 1 N–H and O–H groups in total. The predicted molar refractivity (Wildman–Crippen MR) is 65.5 cm³/mol. The molecule has 1 aromatic rings. The van der Waals surface area contributed by atoms with E-state index in [2.05, 4.69) is 16.8 Å². The molecule has 3 heteroatoms. The first kappa shape index (κ1) is 11.4. The van der Waals surface area contributed by atoms with Crippen LogP contribution in [0.25, 0.3) is 0 Å². The molecular formula is C13H20N2O. The van der Waals surface area contributed by atoms with Crippen LogP contribution in [-0.2, 0) is 0 Å². The molecule has 0 saturated carbocycles. The average molecular weight is 220 g/mol. The summed E-state index contributed by atoms with van der Waals surface area (Å²) in [7, 11) is 0. The van der Waals surface area contributed by atoms with Gasteiger partial charge in [0.25, 0.3) is 0 Å². The van der Waals surface area contributed by atoms with Crippen LogP contribution in [-0.4, -0.2) is 22.7 Å². The van der Waals surface area contributed by atoms with Gasteiger partial charge in [0, 0.05) is 18.8 Å². The van der Waals surface area contributed by atoms with Gasteiger partial charge < -0.3 is 10.0 Å². The molecule has 2 atom stereocenters. The topological polar surface area (TPSA) is 36.4 Å². The third-order valence-electron chi connectivity index (χ3n) is 3.39. The van der Waals surface area contributed by atoms with Gasteiger partial charge in [-0.1, -0.05) is 6.92 Å². The summed E-state index contributed by atoms with van der Waals surface area (Å²) < 4.78 is 0. The van der Waals surface area contributed by atoms with Crippen molar-refractivity contribution in [2.24, 2.45) is 0 Å². The van der Waals surface area contributed by atoms with Crippen molar-refractivity contribution in [3.63, 3.8) is 0 Å². The number of nitrogens with zero attached hydrogens (tertiary/aromatic N) is 2. The zero-order valence-electron chi connectivity index (χ0n) is 10.1. The first-order valence-corrected chi connectivity index (χ1v) is 6.13. The number of rotatable bonds is 3. The summed E-state index contributed by atoms with van der Waals surface area (Å²) in [4.78, 5) is 6.78. The molecule has 1 unspecified atom stereocenters. The maximum absolute atomic E-state index is 9.57. The van der Waals surface area contributed by atoms with E-state index in [1.807, 2.05) is 12.1 Å². The van der Waals surface area contributed by atoms with E-state index < -0.39 is 6.10 Å². The van der Waals surface area contributed by atoms with Crippen molar-refractivity contribution in [2.45, 2.75) is 45.3 Å². The lowest BCUT2D eigenvalue weighted by Gasteiger charge is -2.25. The van der Waals surface area contributed by atoms with Crippen molar-refractivity contribution in [1.29, 1.82) is 0 Å². The van der Waals surface area contributed by atoms with Gasteiger partial charge in [0.1, 0.15) is 5.82 Å². The largest absolute Gasteiger partial charge is 0.389 e. The van der Waals surface area contributed by atoms with Crippen LogP contribution in [0, 0.1) is 0 Å². The van der Waals surface area contributed by atoms with Crippen molar-refractivity contribution < 1.29 is 5.11 Å². The second-order valence-corrected chi connectivity index (χ2v) is 4.52. The summed E-state index contributed by atoms with van der Waals surface area (Å²) in [5.74, 6) is 1.02. The van der Waals surface area contributed by atoms with Crippen molar-refractivity contribution >= 4 is 5.82 Å². The fourth-order valence-corrected chi connectivity index (χ4v) is 2.41. The van der Waals surface area contributed by atoms with E-state index in [9.17, 15) is 5.11 Å². The van der Waals surface area contributed by atoms with Crippen LogP contribution in [0.1, 0.15) is 44.8 Å². The molecular weight excluding hydrogens is 200 g/mol. The van der Waals surface area contributed by atoms with E-state index in [0.717, 1.165) is 17.9 Å². The number of pyridine rings is 1. The van der Waals surface area contributed by atoms with Gasteiger partial charge in [-0.05, 0) is 43.9 Å². The standard InChI is InChI=1S/C13H20N2O/c1-3-12-5-4-8-15(12)13-9-11(10(2)16)6-7-14-13/h6-7,9-10,12,16H,3-5,8H2,1-2H3/t10-,12?/m1/s1. The molecule has 0 aliphatic carbocycles. The molecule has 0 radical (unpaired) electrons.